The molecule has 2 N–H and O–H groups in total. The molecule has 0 saturated carbocycles. The van der Waals surface area contributed by atoms with Gasteiger partial charge in [0.15, 0.2) is 0 Å². The zero-order valence-electron chi connectivity index (χ0n) is 11.0. The Kier molecular flexibility index (Phi) is 4.42. The average Bonchev–Trinajstić information content (AvgIpc) is 2.65. The summed E-state index contributed by atoms with van der Waals surface area (Å²) in [5.74, 6) is 0.0546. The van der Waals surface area contributed by atoms with E-state index in [0.717, 1.165) is 18.4 Å². The molecule has 1 atom stereocenters. The Balaban J connectivity index is 2.57. The van der Waals surface area contributed by atoms with Crippen LogP contribution in [0.5, 0.6) is 0 Å². The van der Waals surface area contributed by atoms with Gasteiger partial charge in [0.2, 0.25) is 5.95 Å². The fourth-order valence-corrected chi connectivity index (χ4v) is 2.64. The number of hydrogen-bond acceptors (Lipinski definition) is 3. The van der Waals surface area contributed by atoms with Gasteiger partial charge in [-0.05, 0) is 28.4 Å². The van der Waals surface area contributed by atoms with E-state index in [-0.39, 0.29) is 11.9 Å². The van der Waals surface area contributed by atoms with Crippen LogP contribution in [0.1, 0.15) is 25.8 Å². The lowest BCUT2D eigenvalue weighted by Gasteiger charge is -2.19. The van der Waals surface area contributed by atoms with Crippen LogP contribution in [0.25, 0.3) is 11.0 Å². The maximum absolute atomic E-state index is 13.5. The molecule has 0 fully saturated rings. The number of nitrogen functional groups attached to an aromatic ring is 1. The van der Waals surface area contributed by atoms with Gasteiger partial charge >= 0.3 is 0 Å². The highest BCUT2D eigenvalue weighted by atomic mass is 79.9. The number of ether oxygens (including phenoxy) is 1. The number of halogens is 2. The second kappa shape index (κ2) is 5.88. The van der Waals surface area contributed by atoms with E-state index >= 15 is 0 Å². The summed E-state index contributed by atoms with van der Waals surface area (Å²) in [6, 6.07) is 3.21. The predicted octanol–water partition coefficient (Wildman–Crippen LogP) is 3.51. The van der Waals surface area contributed by atoms with E-state index in [1.165, 1.54) is 6.07 Å². The number of methoxy groups -OCH3 is 1. The van der Waals surface area contributed by atoms with E-state index in [0.29, 0.717) is 22.5 Å². The molecule has 1 heterocycles. The molecule has 0 spiro atoms. The van der Waals surface area contributed by atoms with Crippen molar-refractivity contribution in [1.82, 2.24) is 9.55 Å². The van der Waals surface area contributed by atoms with Crippen LogP contribution in [0.15, 0.2) is 16.6 Å². The number of hydrogen-bond donors (Lipinski definition) is 1. The second-order valence-corrected chi connectivity index (χ2v) is 5.35. The van der Waals surface area contributed by atoms with Crippen LogP contribution in [0, 0.1) is 5.82 Å². The Hall–Kier alpha value is -1.14. The molecule has 0 saturated heterocycles. The maximum atomic E-state index is 13.5. The van der Waals surface area contributed by atoms with E-state index in [9.17, 15) is 4.39 Å². The lowest BCUT2D eigenvalue weighted by atomic mass is 10.1. The molecule has 104 valence electrons. The first-order chi connectivity index (χ1) is 9.08. The summed E-state index contributed by atoms with van der Waals surface area (Å²) in [6.07, 6.45) is 1.94. The summed E-state index contributed by atoms with van der Waals surface area (Å²) in [6.45, 7) is 2.66. The number of imidazole rings is 1. The monoisotopic (exact) mass is 329 g/mol. The Morgan fingerprint density at radius 2 is 2.26 bits per heavy atom. The third-order valence-corrected chi connectivity index (χ3v) is 3.71. The Morgan fingerprint density at radius 1 is 1.53 bits per heavy atom. The van der Waals surface area contributed by atoms with Crippen LogP contribution < -0.4 is 5.73 Å². The maximum Gasteiger partial charge on any atom is 0.201 e. The average molecular weight is 330 g/mol. The van der Waals surface area contributed by atoms with Crippen LogP contribution in [0.4, 0.5) is 10.3 Å². The summed E-state index contributed by atoms with van der Waals surface area (Å²) in [4.78, 5) is 4.22. The third-order valence-electron chi connectivity index (χ3n) is 3.10. The molecule has 2 rings (SSSR count). The zero-order valence-corrected chi connectivity index (χ0v) is 12.6. The van der Waals surface area contributed by atoms with Gasteiger partial charge in [0.25, 0.3) is 0 Å². The van der Waals surface area contributed by atoms with Crippen molar-refractivity contribution in [2.45, 2.75) is 25.8 Å². The van der Waals surface area contributed by atoms with Gasteiger partial charge < -0.3 is 15.0 Å². The van der Waals surface area contributed by atoms with Gasteiger partial charge in [-0.3, -0.25) is 0 Å². The molecule has 0 aliphatic carbocycles. The molecule has 0 radical (unpaired) electrons. The highest BCUT2D eigenvalue weighted by molar-refractivity contribution is 9.10. The van der Waals surface area contributed by atoms with E-state index in [2.05, 4.69) is 27.8 Å². The van der Waals surface area contributed by atoms with Gasteiger partial charge in [-0.25, -0.2) is 9.37 Å². The summed E-state index contributed by atoms with van der Waals surface area (Å²) >= 11 is 3.20. The minimum absolute atomic E-state index is 0.109. The number of benzene rings is 1. The van der Waals surface area contributed by atoms with Crippen LogP contribution in [0.2, 0.25) is 0 Å². The van der Waals surface area contributed by atoms with E-state index in [4.69, 9.17) is 10.5 Å². The minimum Gasteiger partial charge on any atom is -0.383 e. The highest BCUT2D eigenvalue weighted by Gasteiger charge is 2.18. The van der Waals surface area contributed by atoms with E-state index in [1.807, 2.05) is 4.57 Å². The molecule has 0 bridgehead atoms. The van der Waals surface area contributed by atoms with Crippen molar-refractivity contribution in [3.8, 4) is 0 Å². The topological polar surface area (TPSA) is 53.1 Å². The first kappa shape index (κ1) is 14.3. The van der Waals surface area contributed by atoms with E-state index in [1.54, 1.807) is 13.2 Å². The van der Waals surface area contributed by atoms with Crippen LogP contribution in [0.3, 0.4) is 0 Å². The number of rotatable bonds is 5. The van der Waals surface area contributed by atoms with Gasteiger partial charge in [-0.15, -0.1) is 0 Å². The van der Waals surface area contributed by atoms with Crippen molar-refractivity contribution in [2.24, 2.45) is 0 Å². The number of nitrogens with zero attached hydrogens (tertiary/aromatic N) is 2. The number of anilines is 1. The van der Waals surface area contributed by atoms with Crippen molar-refractivity contribution in [3.05, 3.63) is 22.4 Å². The summed E-state index contributed by atoms with van der Waals surface area (Å²) in [5.41, 5.74) is 7.36. The standard InChI is InChI=1S/C13H17BrFN3O/c1-3-4-8(7-19-2)18-12-5-9(14)10(15)6-11(12)17-13(18)16/h5-6,8H,3-4,7H2,1-2H3,(H2,16,17). The number of nitrogens with two attached hydrogens (primary N) is 1. The molecular formula is C13H17BrFN3O. The molecule has 6 heteroatoms. The molecule has 2 aromatic rings. The van der Waals surface area contributed by atoms with Crippen LogP contribution in [-0.4, -0.2) is 23.3 Å². The fraction of sp³-hybridized carbons (Fsp3) is 0.462. The SMILES string of the molecule is CCCC(COC)n1c(N)nc2cc(F)c(Br)cc21. The quantitative estimate of drug-likeness (QED) is 0.913. The molecule has 4 nitrogen and oxygen atoms in total. The summed E-state index contributed by atoms with van der Waals surface area (Å²) < 4.78 is 21.1. The predicted molar refractivity (Wildman–Crippen MR) is 77.6 cm³/mol. The Bertz CT molecular complexity index is 579. The molecule has 1 aromatic heterocycles. The molecule has 19 heavy (non-hydrogen) atoms. The lowest BCUT2D eigenvalue weighted by molar-refractivity contribution is 0.153. The summed E-state index contributed by atoms with van der Waals surface area (Å²) in [5, 5.41) is 0. The molecule has 1 aromatic carbocycles. The largest absolute Gasteiger partial charge is 0.383 e. The van der Waals surface area contributed by atoms with Gasteiger partial charge in [-0.1, -0.05) is 13.3 Å². The fourth-order valence-electron chi connectivity index (χ4n) is 2.31. The van der Waals surface area contributed by atoms with Gasteiger partial charge in [0.1, 0.15) is 5.82 Å². The molecule has 0 aliphatic heterocycles. The highest BCUT2D eigenvalue weighted by Crippen LogP contribution is 2.29. The molecule has 0 aliphatic rings. The minimum atomic E-state index is -0.337. The third kappa shape index (κ3) is 2.74. The zero-order chi connectivity index (χ0) is 14.0. The van der Waals surface area contributed by atoms with Gasteiger partial charge in [-0.2, -0.15) is 0 Å². The normalized spacial score (nSPS) is 13.1. The van der Waals surface area contributed by atoms with Crippen LogP contribution >= 0.6 is 15.9 Å². The van der Waals surface area contributed by atoms with Crippen molar-refractivity contribution >= 4 is 32.9 Å². The van der Waals surface area contributed by atoms with Crippen molar-refractivity contribution < 1.29 is 9.13 Å². The Labute approximate surface area is 119 Å². The smallest absolute Gasteiger partial charge is 0.201 e. The lowest BCUT2D eigenvalue weighted by Crippen LogP contribution is -2.16. The van der Waals surface area contributed by atoms with Crippen molar-refractivity contribution in [1.29, 1.82) is 0 Å². The van der Waals surface area contributed by atoms with E-state index < -0.39 is 0 Å². The second-order valence-electron chi connectivity index (χ2n) is 4.49. The number of aromatic nitrogens is 2. The molecule has 0 amide bonds. The number of fused-ring (bicyclic) bond motifs is 1. The van der Waals surface area contributed by atoms with Crippen LogP contribution in [-0.2, 0) is 4.74 Å². The van der Waals surface area contributed by atoms with Gasteiger partial charge in [0.05, 0.1) is 28.2 Å². The summed E-state index contributed by atoms with van der Waals surface area (Å²) in [7, 11) is 1.66. The van der Waals surface area contributed by atoms with Crippen molar-refractivity contribution in [2.75, 3.05) is 19.5 Å². The first-order valence-electron chi connectivity index (χ1n) is 6.19. The molecular weight excluding hydrogens is 313 g/mol. The first-order valence-corrected chi connectivity index (χ1v) is 6.99. The molecule has 1 unspecified atom stereocenters. The van der Waals surface area contributed by atoms with Crippen molar-refractivity contribution in [3.63, 3.8) is 0 Å². The van der Waals surface area contributed by atoms with Gasteiger partial charge in [0, 0.05) is 13.2 Å². The Morgan fingerprint density at radius 3 is 2.89 bits per heavy atom.